The van der Waals surface area contributed by atoms with Crippen molar-refractivity contribution in [2.75, 3.05) is 13.1 Å². The molecule has 2 aromatic rings. The van der Waals surface area contributed by atoms with E-state index in [0.29, 0.717) is 29.2 Å². The maximum atomic E-state index is 12.8. The molecule has 0 radical (unpaired) electrons. The number of carbonyl (C=O) groups is 1. The molecule has 27 heavy (non-hydrogen) atoms. The first kappa shape index (κ1) is 19.7. The molecule has 1 aliphatic heterocycles. The molecule has 7 heteroatoms. The van der Waals surface area contributed by atoms with E-state index in [1.807, 2.05) is 0 Å². The highest BCUT2D eigenvalue weighted by molar-refractivity contribution is 6.33. The molecule has 0 saturated carbocycles. The number of nitrogens with zero attached hydrogens (tertiary/aromatic N) is 1. The number of ether oxygens (including phenoxy) is 1. The second-order valence-corrected chi connectivity index (χ2v) is 6.91. The maximum Gasteiger partial charge on any atom is 0.416 e. The van der Waals surface area contributed by atoms with Gasteiger partial charge in [0.2, 0.25) is 0 Å². The average Bonchev–Trinajstić information content (AvgIpc) is 2.66. The number of amides is 1. The van der Waals surface area contributed by atoms with Crippen LogP contribution < -0.4 is 0 Å². The summed E-state index contributed by atoms with van der Waals surface area (Å²) >= 11 is 6.10. The molecule has 1 amide bonds. The number of likely N-dealkylation sites (tertiary alicyclic amines) is 1. The van der Waals surface area contributed by atoms with Crippen LogP contribution in [0.15, 0.2) is 48.5 Å². The Morgan fingerprint density at radius 3 is 2.70 bits per heavy atom. The van der Waals surface area contributed by atoms with Gasteiger partial charge in [0.25, 0.3) is 5.91 Å². The lowest BCUT2D eigenvalue weighted by Crippen LogP contribution is -2.43. The summed E-state index contributed by atoms with van der Waals surface area (Å²) in [5, 5.41) is 0.398. The fraction of sp³-hybridized carbons (Fsp3) is 0.350. The Balaban J connectivity index is 1.61. The molecule has 1 atom stereocenters. The minimum atomic E-state index is -4.38. The second kappa shape index (κ2) is 8.31. The Bertz CT molecular complexity index is 810. The highest BCUT2D eigenvalue weighted by Crippen LogP contribution is 2.30. The van der Waals surface area contributed by atoms with Crippen LogP contribution in [0.25, 0.3) is 0 Å². The van der Waals surface area contributed by atoms with Gasteiger partial charge in [-0.1, -0.05) is 35.9 Å². The normalized spacial score (nSPS) is 17.8. The predicted molar refractivity (Wildman–Crippen MR) is 96.6 cm³/mol. The van der Waals surface area contributed by atoms with Crippen molar-refractivity contribution in [2.45, 2.75) is 31.7 Å². The van der Waals surface area contributed by atoms with Crippen molar-refractivity contribution in [3.8, 4) is 0 Å². The van der Waals surface area contributed by atoms with Crippen LogP contribution >= 0.6 is 11.6 Å². The standard InChI is InChI=1S/C20H19ClF3NO2/c21-18-9-2-1-8-17(18)19(26)25-10-4-7-16(12-25)27-13-14-5-3-6-15(11-14)20(22,23)24/h1-3,5-6,8-9,11,16H,4,7,10,12-13H2. The van der Waals surface area contributed by atoms with Gasteiger partial charge in [-0.15, -0.1) is 0 Å². The average molecular weight is 398 g/mol. The van der Waals surface area contributed by atoms with Gasteiger partial charge >= 0.3 is 6.18 Å². The summed E-state index contributed by atoms with van der Waals surface area (Å²) in [4.78, 5) is 14.3. The summed E-state index contributed by atoms with van der Waals surface area (Å²) in [5.74, 6) is -0.159. The number of carbonyl (C=O) groups excluding carboxylic acids is 1. The number of rotatable bonds is 4. The van der Waals surface area contributed by atoms with Gasteiger partial charge in [-0.3, -0.25) is 4.79 Å². The zero-order valence-corrected chi connectivity index (χ0v) is 15.3. The lowest BCUT2D eigenvalue weighted by atomic mass is 10.1. The van der Waals surface area contributed by atoms with Crippen molar-refractivity contribution in [1.29, 1.82) is 0 Å². The van der Waals surface area contributed by atoms with E-state index in [1.54, 1.807) is 35.2 Å². The van der Waals surface area contributed by atoms with Crippen LogP contribution in [0.4, 0.5) is 13.2 Å². The van der Waals surface area contributed by atoms with Gasteiger partial charge in [-0.25, -0.2) is 0 Å². The number of hydrogen-bond donors (Lipinski definition) is 0. The van der Waals surface area contributed by atoms with Gasteiger partial charge in [0.15, 0.2) is 0 Å². The van der Waals surface area contributed by atoms with Crippen molar-refractivity contribution in [3.05, 3.63) is 70.2 Å². The summed E-state index contributed by atoms with van der Waals surface area (Å²) in [6.07, 6.45) is -3.08. The predicted octanol–water partition coefficient (Wildman–Crippen LogP) is 5.18. The van der Waals surface area contributed by atoms with Crippen LogP contribution in [-0.2, 0) is 17.5 Å². The SMILES string of the molecule is O=C(c1ccccc1Cl)N1CCCC(OCc2cccc(C(F)(F)F)c2)C1. The van der Waals surface area contributed by atoms with Gasteiger partial charge < -0.3 is 9.64 Å². The summed E-state index contributed by atoms with van der Waals surface area (Å²) in [5.41, 5.74) is 0.208. The fourth-order valence-corrected chi connectivity index (χ4v) is 3.33. The molecule has 3 rings (SSSR count). The third-order valence-corrected chi connectivity index (χ3v) is 4.84. The number of benzene rings is 2. The van der Waals surface area contributed by atoms with E-state index in [1.165, 1.54) is 6.07 Å². The van der Waals surface area contributed by atoms with Crippen LogP contribution in [0.3, 0.4) is 0 Å². The molecule has 0 aliphatic carbocycles. The lowest BCUT2D eigenvalue weighted by molar-refractivity contribution is -0.137. The van der Waals surface area contributed by atoms with E-state index < -0.39 is 11.7 Å². The largest absolute Gasteiger partial charge is 0.416 e. The molecule has 3 nitrogen and oxygen atoms in total. The van der Waals surface area contributed by atoms with E-state index in [4.69, 9.17) is 16.3 Å². The first-order valence-electron chi connectivity index (χ1n) is 8.66. The Kier molecular flexibility index (Phi) is 6.07. The second-order valence-electron chi connectivity index (χ2n) is 6.50. The molecule has 2 aromatic carbocycles. The molecule has 0 aromatic heterocycles. The molecule has 0 bridgehead atoms. The van der Waals surface area contributed by atoms with E-state index in [0.717, 1.165) is 25.0 Å². The van der Waals surface area contributed by atoms with Gasteiger partial charge in [-0.05, 0) is 42.7 Å². The van der Waals surface area contributed by atoms with Crippen LogP contribution in [0.5, 0.6) is 0 Å². The molecule has 1 heterocycles. The van der Waals surface area contributed by atoms with Gasteiger partial charge in [0.05, 0.1) is 28.9 Å². The molecule has 1 aliphatic rings. The third kappa shape index (κ3) is 5.02. The first-order chi connectivity index (χ1) is 12.8. The van der Waals surface area contributed by atoms with Gasteiger partial charge in [0.1, 0.15) is 0 Å². The van der Waals surface area contributed by atoms with Crippen molar-refractivity contribution < 1.29 is 22.7 Å². The molecule has 1 saturated heterocycles. The zero-order valence-electron chi connectivity index (χ0n) is 14.5. The molecule has 0 N–H and O–H groups in total. The van der Waals surface area contributed by atoms with Gasteiger partial charge in [-0.2, -0.15) is 13.2 Å². The number of halogens is 4. The van der Waals surface area contributed by atoms with Crippen molar-refractivity contribution in [1.82, 2.24) is 4.90 Å². The highest BCUT2D eigenvalue weighted by atomic mass is 35.5. The topological polar surface area (TPSA) is 29.5 Å². The Hall–Kier alpha value is -2.05. The Labute approximate surface area is 160 Å². The molecule has 1 fully saturated rings. The highest BCUT2D eigenvalue weighted by Gasteiger charge is 2.30. The summed E-state index contributed by atoms with van der Waals surface area (Å²) in [6.45, 7) is 1.07. The molecular weight excluding hydrogens is 379 g/mol. The van der Waals surface area contributed by atoms with Gasteiger partial charge in [0, 0.05) is 13.1 Å². The Morgan fingerprint density at radius 1 is 1.19 bits per heavy atom. The van der Waals surface area contributed by atoms with E-state index in [9.17, 15) is 18.0 Å². The van der Waals surface area contributed by atoms with Crippen molar-refractivity contribution >= 4 is 17.5 Å². The molecule has 1 unspecified atom stereocenters. The number of piperidine rings is 1. The molecular formula is C20H19ClF3NO2. The summed E-state index contributed by atoms with van der Waals surface area (Å²) < 4.78 is 44.2. The third-order valence-electron chi connectivity index (χ3n) is 4.51. The van der Waals surface area contributed by atoms with Crippen molar-refractivity contribution in [3.63, 3.8) is 0 Å². The van der Waals surface area contributed by atoms with E-state index in [-0.39, 0.29) is 18.6 Å². The van der Waals surface area contributed by atoms with Crippen LogP contribution in [0, 0.1) is 0 Å². The van der Waals surface area contributed by atoms with Crippen LogP contribution in [-0.4, -0.2) is 30.0 Å². The minimum Gasteiger partial charge on any atom is -0.372 e. The number of alkyl halides is 3. The Morgan fingerprint density at radius 2 is 1.96 bits per heavy atom. The van der Waals surface area contributed by atoms with E-state index >= 15 is 0 Å². The monoisotopic (exact) mass is 397 g/mol. The van der Waals surface area contributed by atoms with Crippen molar-refractivity contribution in [2.24, 2.45) is 0 Å². The fourth-order valence-electron chi connectivity index (χ4n) is 3.12. The quantitative estimate of drug-likeness (QED) is 0.711. The molecule has 144 valence electrons. The minimum absolute atomic E-state index is 0.0721. The first-order valence-corrected chi connectivity index (χ1v) is 9.04. The van der Waals surface area contributed by atoms with Crippen LogP contribution in [0.1, 0.15) is 34.3 Å². The summed E-state index contributed by atoms with van der Waals surface area (Å²) in [7, 11) is 0. The zero-order chi connectivity index (χ0) is 19.4. The number of hydrogen-bond acceptors (Lipinski definition) is 2. The van der Waals surface area contributed by atoms with Crippen LogP contribution in [0.2, 0.25) is 5.02 Å². The summed E-state index contributed by atoms with van der Waals surface area (Å²) in [6, 6.07) is 12.0. The van der Waals surface area contributed by atoms with E-state index in [2.05, 4.69) is 0 Å². The smallest absolute Gasteiger partial charge is 0.372 e. The maximum absolute atomic E-state index is 12.8. The molecule has 0 spiro atoms. The lowest BCUT2D eigenvalue weighted by Gasteiger charge is -2.33.